The molecule has 0 saturated carbocycles. The summed E-state index contributed by atoms with van der Waals surface area (Å²) in [5.74, 6) is 1.32. The number of hydrogen-bond donors (Lipinski definition) is 1. The van der Waals surface area contributed by atoms with Gasteiger partial charge in [0, 0.05) is 5.41 Å². The van der Waals surface area contributed by atoms with E-state index in [1.807, 2.05) is 58.9 Å². The third kappa shape index (κ3) is 7.43. The fourth-order valence-corrected chi connectivity index (χ4v) is 4.05. The Balaban J connectivity index is 1.65. The minimum atomic E-state index is -0.605. The van der Waals surface area contributed by atoms with Gasteiger partial charge < -0.3 is 14.2 Å². The lowest BCUT2D eigenvalue weighted by atomic mass is 9.98. The van der Waals surface area contributed by atoms with Crippen LogP contribution in [-0.2, 0) is 10.2 Å². The van der Waals surface area contributed by atoms with E-state index in [0.717, 1.165) is 21.9 Å². The van der Waals surface area contributed by atoms with E-state index in [4.69, 9.17) is 14.2 Å². The molecule has 3 aromatic rings. The molecule has 1 heterocycles. The Bertz CT molecular complexity index is 1360. The molecule has 8 nitrogen and oxygen atoms in total. The molecule has 1 aromatic heterocycles. The first-order chi connectivity index (χ1) is 17.6. The number of nitrogens with one attached hydrogen (secondary N) is 1. The molecular weight excluding hydrogens is 488 g/mol. The molecule has 0 aliphatic carbocycles. The maximum absolute atomic E-state index is 12.5. The van der Waals surface area contributed by atoms with Crippen LogP contribution in [0.3, 0.4) is 0 Å². The van der Waals surface area contributed by atoms with E-state index in [9.17, 15) is 10.1 Å². The molecule has 0 spiro atoms. The molecule has 0 aliphatic heterocycles. The van der Waals surface area contributed by atoms with Crippen LogP contribution in [-0.4, -0.2) is 36.4 Å². The van der Waals surface area contributed by atoms with Crippen molar-refractivity contribution in [1.29, 1.82) is 5.26 Å². The lowest BCUT2D eigenvalue weighted by Crippen LogP contribution is -2.12. The average molecular weight is 519 g/mol. The van der Waals surface area contributed by atoms with Gasteiger partial charge in [0.05, 0.1) is 7.11 Å². The second-order valence-corrected chi connectivity index (χ2v) is 10.2. The van der Waals surface area contributed by atoms with Crippen LogP contribution < -0.4 is 19.5 Å². The topological polar surface area (TPSA) is 106 Å². The van der Waals surface area contributed by atoms with Crippen molar-refractivity contribution in [2.45, 2.75) is 40.0 Å². The number of methoxy groups -OCH3 is 1. The van der Waals surface area contributed by atoms with Crippen molar-refractivity contribution in [3.63, 3.8) is 0 Å². The number of benzene rings is 2. The maximum atomic E-state index is 12.5. The summed E-state index contributed by atoms with van der Waals surface area (Å²) in [4.78, 5) is 12.5. The Hall–Kier alpha value is -4.12. The summed E-state index contributed by atoms with van der Waals surface area (Å²) < 4.78 is 17.2. The van der Waals surface area contributed by atoms with E-state index in [1.54, 1.807) is 25.3 Å². The Morgan fingerprint density at radius 1 is 1.08 bits per heavy atom. The molecule has 0 radical (unpaired) electrons. The van der Waals surface area contributed by atoms with Gasteiger partial charge in [0.2, 0.25) is 5.13 Å². The molecule has 2 aromatic carbocycles. The fourth-order valence-electron chi connectivity index (χ4n) is 3.26. The van der Waals surface area contributed by atoms with Crippen LogP contribution in [0.1, 0.15) is 42.5 Å². The first kappa shape index (κ1) is 27.5. The van der Waals surface area contributed by atoms with Gasteiger partial charge in [-0.25, -0.2) is 0 Å². The van der Waals surface area contributed by atoms with Crippen molar-refractivity contribution in [3.8, 4) is 23.3 Å². The van der Waals surface area contributed by atoms with Crippen molar-refractivity contribution < 1.29 is 19.0 Å². The van der Waals surface area contributed by atoms with E-state index in [2.05, 4.69) is 21.2 Å². The summed E-state index contributed by atoms with van der Waals surface area (Å²) in [6.45, 7) is 10.8. The second-order valence-electron chi connectivity index (χ2n) is 9.22. The number of nitriles is 1. The van der Waals surface area contributed by atoms with Crippen molar-refractivity contribution in [1.82, 2.24) is 10.2 Å². The number of rotatable bonds is 9. The molecule has 1 N–H and O–H groups in total. The van der Waals surface area contributed by atoms with Crippen LogP contribution in [0, 0.1) is 25.2 Å². The first-order valence-corrected chi connectivity index (χ1v) is 12.5. The van der Waals surface area contributed by atoms with Gasteiger partial charge in [-0.05, 0) is 48.7 Å². The monoisotopic (exact) mass is 518 g/mol. The van der Waals surface area contributed by atoms with Gasteiger partial charge in [-0.15, -0.1) is 10.2 Å². The summed E-state index contributed by atoms with van der Waals surface area (Å²) in [5, 5.41) is 21.2. The third-order valence-electron chi connectivity index (χ3n) is 5.19. The summed E-state index contributed by atoms with van der Waals surface area (Å²) in [6, 6.07) is 13.2. The van der Waals surface area contributed by atoms with Gasteiger partial charge in [-0.1, -0.05) is 62.1 Å². The van der Waals surface area contributed by atoms with Crippen LogP contribution in [0.15, 0.2) is 47.7 Å². The smallest absolute Gasteiger partial charge is 0.276 e. The highest BCUT2D eigenvalue weighted by molar-refractivity contribution is 7.15. The molecule has 3 rings (SSSR count). The lowest BCUT2D eigenvalue weighted by Gasteiger charge is -2.14. The Kier molecular flexibility index (Phi) is 9.07. The predicted molar refractivity (Wildman–Crippen MR) is 144 cm³/mol. The Labute approximate surface area is 221 Å². The highest BCUT2D eigenvalue weighted by Crippen LogP contribution is 2.29. The summed E-state index contributed by atoms with van der Waals surface area (Å²) in [6.07, 6.45) is 1.54. The van der Waals surface area contributed by atoms with Gasteiger partial charge in [-0.3, -0.25) is 10.1 Å². The molecule has 192 valence electrons. The minimum Gasteiger partial charge on any atom is -0.493 e. The van der Waals surface area contributed by atoms with Crippen LogP contribution in [0.25, 0.3) is 6.08 Å². The van der Waals surface area contributed by atoms with Crippen molar-refractivity contribution in [2.75, 3.05) is 25.6 Å². The SMILES string of the molecule is COc1cc(C=C=C(C#N)C(=O)Nc2nnc(C(C)(C)C)s2)ccc1OCCOc1c(C)cccc1C. The molecule has 0 saturated heterocycles. The third-order valence-corrected chi connectivity index (χ3v) is 6.46. The second kappa shape index (κ2) is 12.2. The minimum absolute atomic E-state index is 0.184. The molecule has 9 heteroatoms. The molecule has 37 heavy (non-hydrogen) atoms. The number of para-hydroxylation sites is 1. The normalized spacial score (nSPS) is 10.6. The number of ether oxygens (including phenoxy) is 3. The van der Waals surface area contributed by atoms with Gasteiger partial charge in [0.15, 0.2) is 17.1 Å². The number of carbonyl (C=O) groups is 1. The summed E-state index contributed by atoms with van der Waals surface area (Å²) in [5.41, 5.74) is 5.22. The molecule has 1 amide bonds. The zero-order valence-corrected chi connectivity index (χ0v) is 22.7. The van der Waals surface area contributed by atoms with Crippen LogP contribution >= 0.6 is 11.3 Å². The van der Waals surface area contributed by atoms with E-state index < -0.39 is 5.91 Å². The first-order valence-electron chi connectivity index (χ1n) is 11.6. The van der Waals surface area contributed by atoms with Gasteiger partial charge in [-0.2, -0.15) is 5.26 Å². The number of nitrogens with zero attached hydrogens (tertiary/aromatic N) is 3. The molecule has 0 aliphatic rings. The largest absolute Gasteiger partial charge is 0.493 e. The quantitative estimate of drug-likeness (QED) is 0.170. The number of aromatic nitrogens is 2. The van der Waals surface area contributed by atoms with Gasteiger partial charge >= 0.3 is 0 Å². The van der Waals surface area contributed by atoms with Crippen LogP contribution in [0.2, 0.25) is 0 Å². The van der Waals surface area contributed by atoms with Crippen molar-refractivity contribution in [3.05, 3.63) is 69.4 Å². The maximum Gasteiger partial charge on any atom is 0.276 e. The number of hydrogen-bond acceptors (Lipinski definition) is 8. The highest BCUT2D eigenvalue weighted by Gasteiger charge is 2.20. The van der Waals surface area contributed by atoms with E-state index in [0.29, 0.717) is 35.4 Å². The highest BCUT2D eigenvalue weighted by atomic mass is 32.1. The van der Waals surface area contributed by atoms with Crippen LogP contribution in [0.4, 0.5) is 5.13 Å². The van der Waals surface area contributed by atoms with Gasteiger partial charge in [0.25, 0.3) is 5.91 Å². The zero-order valence-electron chi connectivity index (χ0n) is 21.8. The summed E-state index contributed by atoms with van der Waals surface area (Å²) >= 11 is 1.27. The van der Waals surface area contributed by atoms with Crippen LogP contribution in [0.5, 0.6) is 17.2 Å². The van der Waals surface area contributed by atoms with Gasteiger partial charge in [0.1, 0.15) is 30.0 Å². The van der Waals surface area contributed by atoms with E-state index in [1.165, 1.54) is 17.4 Å². The molecule has 0 unspecified atom stereocenters. The number of carbonyl (C=O) groups excluding carboxylic acids is 1. The fraction of sp³-hybridized carbons (Fsp3) is 0.321. The predicted octanol–water partition coefficient (Wildman–Crippen LogP) is 5.62. The average Bonchev–Trinajstić information content (AvgIpc) is 3.33. The van der Waals surface area contributed by atoms with E-state index >= 15 is 0 Å². The Morgan fingerprint density at radius 2 is 1.78 bits per heavy atom. The number of anilines is 1. The summed E-state index contributed by atoms with van der Waals surface area (Å²) in [7, 11) is 1.54. The lowest BCUT2D eigenvalue weighted by molar-refractivity contribution is -0.112. The molecule has 0 atom stereocenters. The zero-order chi connectivity index (χ0) is 27.0. The standard InChI is InChI=1S/C28H30N4O4S/c1-18-8-7-9-19(2)24(18)36-15-14-35-22-13-11-20(16-23(22)34-6)10-12-21(17-29)25(33)30-27-32-31-26(37-27)28(3,4)5/h7-11,13,16H,14-15H2,1-6H3,(H,30,32,33). The number of aryl methyl sites for hydroxylation is 2. The Morgan fingerprint density at radius 3 is 2.41 bits per heavy atom. The van der Waals surface area contributed by atoms with Crippen molar-refractivity contribution in [2.24, 2.45) is 0 Å². The molecule has 0 bridgehead atoms. The number of amides is 1. The van der Waals surface area contributed by atoms with Crippen molar-refractivity contribution >= 4 is 28.5 Å². The molecule has 0 fully saturated rings. The van der Waals surface area contributed by atoms with E-state index in [-0.39, 0.29) is 11.0 Å². The molecular formula is C28H30N4O4S.